The smallest absolute Gasteiger partial charge is 0.280 e. The van der Waals surface area contributed by atoms with Gasteiger partial charge in [-0.3, -0.25) is 14.4 Å². The first-order valence-electron chi connectivity index (χ1n) is 9.36. The lowest BCUT2D eigenvalue weighted by atomic mass is 9.93. The van der Waals surface area contributed by atoms with Crippen molar-refractivity contribution in [2.24, 2.45) is 0 Å². The number of benzene rings is 2. The predicted octanol–water partition coefficient (Wildman–Crippen LogP) is 1.03. The Kier molecular flexibility index (Phi) is 3.83. The minimum atomic E-state index is -0.411. The van der Waals surface area contributed by atoms with Gasteiger partial charge in [-0.25, -0.2) is 4.68 Å². The molecule has 5 rings (SSSR count). The second-order valence-electron chi connectivity index (χ2n) is 7.12. The molecule has 1 fully saturated rings. The predicted molar refractivity (Wildman–Crippen MR) is 105 cm³/mol. The summed E-state index contributed by atoms with van der Waals surface area (Å²) < 4.78 is 1.29. The van der Waals surface area contributed by atoms with Gasteiger partial charge in [0.25, 0.3) is 11.8 Å². The number of imide groups is 1. The van der Waals surface area contributed by atoms with Crippen molar-refractivity contribution < 1.29 is 14.4 Å². The van der Waals surface area contributed by atoms with Crippen molar-refractivity contribution >= 4 is 34.2 Å². The Morgan fingerprint density at radius 1 is 0.897 bits per heavy atom. The minimum Gasteiger partial charge on any atom is -0.367 e. The Morgan fingerprint density at radius 3 is 2.21 bits per heavy atom. The zero-order valence-electron chi connectivity index (χ0n) is 15.8. The highest BCUT2D eigenvalue weighted by Gasteiger charge is 2.35. The van der Waals surface area contributed by atoms with Crippen LogP contribution in [-0.4, -0.2) is 63.7 Å². The molecule has 0 aliphatic carbocycles. The van der Waals surface area contributed by atoms with Gasteiger partial charge in [-0.05, 0) is 18.2 Å². The fourth-order valence-electron chi connectivity index (χ4n) is 4.11. The first-order chi connectivity index (χ1) is 14.1. The molecule has 0 spiro atoms. The topological polar surface area (TPSA) is 91.6 Å². The van der Waals surface area contributed by atoms with Crippen LogP contribution in [0.15, 0.2) is 43.0 Å². The average molecular weight is 390 g/mol. The van der Waals surface area contributed by atoms with Gasteiger partial charge in [-0.15, -0.1) is 10.2 Å². The highest BCUT2D eigenvalue weighted by molar-refractivity contribution is 6.33. The van der Waals surface area contributed by atoms with E-state index >= 15 is 0 Å². The molecule has 1 aromatic heterocycles. The summed E-state index contributed by atoms with van der Waals surface area (Å²) in [5, 5.41) is 9.97. The molecule has 2 aliphatic rings. The summed E-state index contributed by atoms with van der Waals surface area (Å²) >= 11 is 0. The van der Waals surface area contributed by atoms with Crippen LogP contribution in [0.4, 0.5) is 5.69 Å². The van der Waals surface area contributed by atoms with Crippen molar-refractivity contribution in [3.05, 3.63) is 54.1 Å². The highest BCUT2D eigenvalue weighted by Crippen LogP contribution is 2.36. The number of nitrogens with zero attached hydrogens (tertiary/aromatic N) is 6. The third kappa shape index (κ3) is 2.58. The van der Waals surface area contributed by atoms with Gasteiger partial charge in [-0.2, -0.15) is 5.01 Å². The molecule has 0 N–H and O–H groups in total. The van der Waals surface area contributed by atoms with Crippen LogP contribution in [0.1, 0.15) is 27.6 Å². The molecule has 1 saturated heterocycles. The fourth-order valence-corrected chi connectivity index (χ4v) is 4.11. The summed E-state index contributed by atoms with van der Waals surface area (Å²) in [4.78, 5) is 41.8. The maximum atomic E-state index is 13.1. The van der Waals surface area contributed by atoms with E-state index in [0.29, 0.717) is 42.7 Å². The average Bonchev–Trinajstić information content (AvgIpc) is 3.26. The molecule has 0 radical (unpaired) electrons. The lowest BCUT2D eigenvalue weighted by molar-refractivity contribution is -0.129. The summed E-state index contributed by atoms with van der Waals surface area (Å²) in [5.74, 6) is -0.746. The molecule has 2 aromatic carbocycles. The minimum absolute atomic E-state index is 0.0758. The van der Waals surface area contributed by atoms with Gasteiger partial charge in [0.05, 0.1) is 11.1 Å². The van der Waals surface area contributed by atoms with E-state index in [2.05, 4.69) is 15.1 Å². The van der Waals surface area contributed by atoms with Gasteiger partial charge >= 0.3 is 0 Å². The normalized spacial score (nSPS) is 16.7. The number of hydrogen-bond donors (Lipinski definition) is 0. The molecule has 146 valence electrons. The lowest BCUT2D eigenvalue weighted by Crippen LogP contribution is -2.48. The fraction of sp³-hybridized carbons (Fsp3) is 0.250. The molecule has 29 heavy (non-hydrogen) atoms. The Hall–Kier alpha value is -3.75. The van der Waals surface area contributed by atoms with Crippen LogP contribution < -0.4 is 9.91 Å². The quantitative estimate of drug-likeness (QED) is 0.607. The van der Waals surface area contributed by atoms with Crippen LogP contribution in [-0.2, 0) is 4.79 Å². The van der Waals surface area contributed by atoms with Gasteiger partial charge in [0, 0.05) is 49.6 Å². The Morgan fingerprint density at radius 2 is 1.55 bits per heavy atom. The van der Waals surface area contributed by atoms with E-state index < -0.39 is 11.8 Å². The molecule has 9 heteroatoms. The SMILES string of the molecule is CC(=O)N1CCN(c2ccc3c4c(cccc24)C(=O)N(n2cnnc2)C3=O)CC1. The molecular weight excluding hydrogens is 372 g/mol. The maximum absolute atomic E-state index is 13.1. The zero-order valence-corrected chi connectivity index (χ0v) is 15.8. The number of hydrogen-bond acceptors (Lipinski definition) is 6. The summed E-state index contributed by atoms with van der Waals surface area (Å²) in [6, 6.07) is 9.18. The Bertz CT molecular complexity index is 1130. The molecule has 3 heterocycles. The van der Waals surface area contributed by atoms with Crippen LogP contribution in [0, 0.1) is 0 Å². The van der Waals surface area contributed by atoms with Crippen LogP contribution in [0.25, 0.3) is 10.8 Å². The number of carbonyl (C=O) groups excluding carboxylic acids is 3. The van der Waals surface area contributed by atoms with Gasteiger partial charge in [-0.1, -0.05) is 12.1 Å². The standard InChI is InChI=1S/C20H18N6O3/c1-13(27)23-7-9-24(10-8-23)17-6-5-16-18-14(17)3-2-4-15(18)19(28)26(20(16)29)25-11-21-22-12-25/h2-6,11-12H,7-10H2,1H3. The van der Waals surface area contributed by atoms with Gasteiger partial charge < -0.3 is 9.80 Å². The van der Waals surface area contributed by atoms with Crippen molar-refractivity contribution in [3.63, 3.8) is 0 Å². The van der Waals surface area contributed by atoms with E-state index in [1.54, 1.807) is 19.1 Å². The Balaban J connectivity index is 1.59. The molecule has 0 bridgehead atoms. The van der Waals surface area contributed by atoms with Crippen molar-refractivity contribution in [2.75, 3.05) is 36.1 Å². The number of amides is 3. The maximum Gasteiger partial charge on any atom is 0.280 e. The molecule has 3 aromatic rings. The number of carbonyl (C=O) groups is 3. The summed E-state index contributed by atoms with van der Waals surface area (Å²) in [6.07, 6.45) is 2.65. The zero-order chi connectivity index (χ0) is 20.1. The van der Waals surface area contributed by atoms with Crippen molar-refractivity contribution in [3.8, 4) is 0 Å². The second kappa shape index (κ2) is 6.40. The van der Waals surface area contributed by atoms with Gasteiger partial charge in [0.2, 0.25) is 5.91 Å². The summed E-state index contributed by atoms with van der Waals surface area (Å²) in [5.41, 5.74) is 1.90. The van der Waals surface area contributed by atoms with E-state index in [4.69, 9.17) is 0 Å². The summed E-state index contributed by atoms with van der Waals surface area (Å²) in [7, 11) is 0. The van der Waals surface area contributed by atoms with E-state index in [1.165, 1.54) is 17.3 Å². The second-order valence-corrected chi connectivity index (χ2v) is 7.12. The molecule has 9 nitrogen and oxygen atoms in total. The number of piperazine rings is 1. The van der Waals surface area contributed by atoms with Crippen LogP contribution in [0.5, 0.6) is 0 Å². The van der Waals surface area contributed by atoms with E-state index in [1.807, 2.05) is 23.1 Å². The number of anilines is 1. The molecule has 3 amide bonds. The lowest BCUT2D eigenvalue weighted by Gasteiger charge is -2.37. The molecule has 0 saturated carbocycles. The monoisotopic (exact) mass is 390 g/mol. The largest absolute Gasteiger partial charge is 0.367 e. The van der Waals surface area contributed by atoms with Crippen molar-refractivity contribution in [1.29, 1.82) is 0 Å². The third-order valence-corrected chi connectivity index (χ3v) is 5.57. The first-order valence-corrected chi connectivity index (χ1v) is 9.36. The third-order valence-electron chi connectivity index (χ3n) is 5.57. The van der Waals surface area contributed by atoms with E-state index in [0.717, 1.165) is 16.1 Å². The van der Waals surface area contributed by atoms with E-state index in [-0.39, 0.29) is 5.91 Å². The summed E-state index contributed by atoms with van der Waals surface area (Å²) in [6.45, 7) is 4.28. The van der Waals surface area contributed by atoms with Crippen LogP contribution in [0.3, 0.4) is 0 Å². The van der Waals surface area contributed by atoms with Crippen LogP contribution >= 0.6 is 0 Å². The first kappa shape index (κ1) is 17.4. The molecule has 0 unspecified atom stereocenters. The van der Waals surface area contributed by atoms with Crippen molar-refractivity contribution in [2.45, 2.75) is 6.92 Å². The number of aromatic nitrogens is 3. The van der Waals surface area contributed by atoms with Crippen molar-refractivity contribution in [1.82, 2.24) is 19.8 Å². The van der Waals surface area contributed by atoms with E-state index in [9.17, 15) is 14.4 Å². The van der Waals surface area contributed by atoms with Gasteiger partial charge in [0.1, 0.15) is 12.7 Å². The molecule has 0 atom stereocenters. The highest BCUT2D eigenvalue weighted by atomic mass is 16.2. The number of rotatable bonds is 2. The van der Waals surface area contributed by atoms with Crippen LogP contribution in [0.2, 0.25) is 0 Å². The van der Waals surface area contributed by atoms with Gasteiger partial charge in [0.15, 0.2) is 0 Å². The molecular formula is C20H18N6O3. The molecule has 2 aliphatic heterocycles. The Labute approximate surface area is 166 Å².